The van der Waals surface area contributed by atoms with E-state index in [1.165, 1.54) is 0 Å². The third kappa shape index (κ3) is 3.55. The number of benzene rings is 1. The Labute approximate surface area is 125 Å². The fourth-order valence-electron chi connectivity index (χ4n) is 1.60. The van der Waals surface area contributed by atoms with Gasteiger partial charge in [0.15, 0.2) is 0 Å². The minimum absolute atomic E-state index is 0.159. The molecule has 0 bridgehead atoms. The molecule has 0 fully saturated rings. The van der Waals surface area contributed by atoms with Crippen molar-refractivity contribution in [1.82, 2.24) is 4.98 Å². The van der Waals surface area contributed by atoms with E-state index in [2.05, 4.69) is 26.2 Å². The zero-order valence-corrected chi connectivity index (χ0v) is 12.6. The summed E-state index contributed by atoms with van der Waals surface area (Å²) in [6.45, 7) is 1.84. The van der Waals surface area contributed by atoms with Gasteiger partial charge in [0.1, 0.15) is 4.60 Å². The predicted molar refractivity (Wildman–Crippen MR) is 80.6 cm³/mol. The Morgan fingerprint density at radius 2 is 1.95 bits per heavy atom. The Kier molecular flexibility index (Phi) is 4.56. The van der Waals surface area contributed by atoms with Crippen LogP contribution in [-0.2, 0) is 5.88 Å². The Bertz CT molecular complexity index is 599. The lowest BCUT2D eigenvalue weighted by atomic mass is 10.1. The van der Waals surface area contributed by atoms with E-state index in [0.717, 1.165) is 15.9 Å². The van der Waals surface area contributed by atoms with Gasteiger partial charge in [-0.05, 0) is 52.7 Å². The van der Waals surface area contributed by atoms with Crippen molar-refractivity contribution < 1.29 is 4.79 Å². The van der Waals surface area contributed by atoms with Crippen LogP contribution in [0, 0.1) is 6.92 Å². The number of halogens is 2. The molecule has 1 heterocycles. The molecule has 1 N–H and O–H groups in total. The molecule has 1 aromatic heterocycles. The maximum atomic E-state index is 12.1. The third-order valence-corrected chi connectivity index (χ3v) is 3.42. The topological polar surface area (TPSA) is 42.0 Å². The van der Waals surface area contributed by atoms with Gasteiger partial charge in [-0.2, -0.15) is 0 Å². The smallest absolute Gasteiger partial charge is 0.255 e. The van der Waals surface area contributed by atoms with E-state index in [1.807, 2.05) is 25.1 Å². The van der Waals surface area contributed by atoms with Crippen LogP contribution in [0.2, 0.25) is 0 Å². The monoisotopic (exact) mass is 338 g/mol. The van der Waals surface area contributed by atoms with Gasteiger partial charge in [0.05, 0.1) is 11.4 Å². The predicted octanol–water partition coefficient (Wildman–Crippen LogP) is 4.14. The van der Waals surface area contributed by atoms with Crippen LogP contribution in [0.1, 0.15) is 21.6 Å². The average Bonchev–Trinajstić information content (AvgIpc) is 2.42. The maximum absolute atomic E-state index is 12.1. The molecular formula is C14H12BrClN2O. The zero-order chi connectivity index (χ0) is 13.8. The van der Waals surface area contributed by atoms with Crippen molar-refractivity contribution in [2.24, 2.45) is 0 Å². The van der Waals surface area contributed by atoms with Crippen LogP contribution in [0.5, 0.6) is 0 Å². The molecular weight excluding hydrogens is 328 g/mol. The lowest BCUT2D eigenvalue weighted by molar-refractivity contribution is 0.102. The van der Waals surface area contributed by atoms with Gasteiger partial charge in [0.25, 0.3) is 5.91 Å². The first kappa shape index (κ1) is 14.0. The molecule has 3 nitrogen and oxygen atoms in total. The van der Waals surface area contributed by atoms with E-state index >= 15 is 0 Å². The number of hydrogen-bond acceptors (Lipinski definition) is 2. The van der Waals surface area contributed by atoms with Gasteiger partial charge in [-0.3, -0.25) is 4.79 Å². The minimum atomic E-state index is -0.159. The highest BCUT2D eigenvalue weighted by Gasteiger charge is 2.08. The summed E-state index contributed by atoms with van der Waals surface area (Å²) >= 11 is 9.00. The number of nitrogens with one attached hydrogen (secondary N) is 1. The number of nitrogens with zero attached hydrogens (tertiary/aromatic N) is 1. The summed E-state index contributed by atoms with van der Waals surface area (Å²) in [5.41, 5.74) is 3.05. The van der Waals surface area contributed by atoms with Crippen molar-refractivity contribution in [2.45, 2.75) is 12.8 Å². The summed E-state index contributed by atoms with van der Waals surface area (Å²) in [5, 5.41) is 2.84. The molecule has 0 aliphatic rings. The van der Waals surface area contributed by atoms with Crippen LogP contribution in [0.25, 0.3) is 0 Å². The molecule has 1 aromatic carbocycles. The van der Waals surface area contributed by atoms with Crippen LogP contribution in [0.3, 0.4) is 0 Å². The summed E-state index contributed by atoms with van der Waals surface area (Å²) < 4.78 is 0.745. The van der Waals surface area contributed by atoms with Gasteiger partial charge < -0.3 is 5.32 Å². The lowest BCUT2D eigenvalue weighted by Gasteiger charge is -2.08. The number of alkyl halides is 1. The highest BCUT2D eigenvalue weighted by molar-refractivity contribution is 9.10. The average molecular weight is 340 g/mol. The molecule has 2 rings (SSSR count). The lowest BCUT2D eigenvalue weighted by Crippen LogP contribution is -2.13. The largest absolute Gasteiger partial charge is 0.320 e. The number of carbonyl (C=O) groups excluding carboxylic acids is 1. The van der Waals surface area contributed by atoms with E-state index in [4.69, 9.17) is 11.6 Å². The van der Waals surface area contributed by atoms with E-state index in [9.17, 15) is 4.79 Å². The first-order chi connectivity index (χ1) is 9.10. The summed E-state index contributed by atoms with van der Waals surface area (Å²) in [6.07, 6.45) is 0. The molecule has 98 valence electrons. The summed E-state index contributed by atoms with van der Waals surface area (Å²) in [4.78, 5) is 16.3. The molecule has 19 heavy (non-hydrogen) atoms. The normalized spacial score (nSPS) is 10.3. The molecule has 5 heteroatoms. The molecule has 0 radical (unpaired) electrons. The van der Waals surface area contributed by atoms with Crippen molar-refractivity contribution in [2.75, 3.05) is 5.32 Å². The number of carbonyl (C=O) groups is 1. The number of anilines is 1. The molecule has 2 aromatic rings. The molecule has 0 saturated heterocycles. The van der Waals surface area contributed by atoms with Crippen molar-refractivity contribution in [3.05, 3.63) is 57.8 Å². The second-order valence-corrected chi connectivity index (χ2v) is 5.13. The second-order valence-electron chi connectivity index (χ2n) is 4.05. The number of rotatable bonds is 3. The van der Waals surface area contributed by atoms with Crippen LogP contribution < -0.4 is 5.32 Å². The van der Waals surface area contributed by atoms with Gasteiger partial charge in [0, 0.05) is 11.4 Å². The van der Waals surface area contributed by atoms with Crippen LogP contribution in [0.15, 0.2) is 41.0 Å². The second kappa shape index (κ2) is 6.17. The summed E-state index contributed by atoms with van der Waals surface area (Å²) in [7, 11) is 0. The Hall–Kier alpha value is -1.39. The Morgan fingerprint density at radius 1 is 1.26 bits per heavy atom. The third-order valence-electron chi connectivity index (χ3n) is 2.67. The quantitative estimate of drug-likeness (QED) is 0.674. The number of aromatic nitrogens is 1. The van der Waals surface area contributed by atoms with E-state index in [-0.39, 0.29) is 5.91 Å². The Balaban J connectivity index is 2.15. The van der Waals surface area contributed by atoms with Crippen molar-refractivity contribution in [3.63, 3.8) is 0 Å². The van der Waals surface area contributed by atoms with Crippen LogP contribution in [-0.4, -0.2) is 10.9 Å². The van der Waals surface area contributed by atoms with Crippen molar-refractivity contribution in [3.8, 4) is 0 Å². The fraction of sp³-hybridized carbons (Fsp3) is 0.143. The van der Waals surface area contributed by atoms with E-state index in [0.29, 0.717) is 17.1 Å². The van der Waals surface area contributed by atoms with Crippen molar-refractivity contribution >= 4 is 39.1 Å². The molecule has 0 spiro atoms. The fourth-order valence-corrected chi connectivity index (χ4v) is 2.18. The standard InChI is InChI=1S/C14H12BrClN2O/c1-9-12(6-7-13(15)17-9)18-14(19)11-4-2-10(8-16)3-5-11/h2-7H,8H2,1H3,(H,18,19). The van der Waals surface area contributed by atoms with E-state index in [1.54, 1.807) is 18.2 Å². The first-order valence-electron chi connectivity index (χ1n) is 5.69. The zero-order valence-electron chi connectivity index (χ0n) is 10.3. The number of aryl methyl sites for hydroxylation is 1. The number of pyridine rings is 1. The highest BCUT2D eigenvalue weighted by Crippen LogP contribution is 2.17. The Morgan fingerprint density at radius 3 is 2.53 bits per heavy atom. The minimum Gasteiger partial charge on any atom is -0.320 e. The number of amides is 1. The van der Waals surface area contributed by atoms with Gasteiger partial charge in [-0.25, -0.2) is 4.98 Å². The molecule has 0 aliphatic carbocycles. The van der Waals surface area contributed by atoms with Gasteiger partial charge >= 0.3 is 0 Å². The van der Waals surface area contributed by atoms with E-state index < -0.39 is 0 Å². The van der Waals surface area contributed by atoms with Crippen LogP contribution >= 0.6 is 27.5 Å². The highest BCUT2D eigenvalue weighted by atomic mass is 79.9. The molecule has 0 saturated carbocycles. The first-order valence-corrected chi connectivity index (χ1v) is 7.02. The van der Waals surface area contributed by atoms with Gasteiger partial charge in [-0.15, -0.1) is 11.6 Å². The SMILES string of the molecule is Cc1nc(Br)ccc1NC(=O)c1ccc(CCl)cc1. The maximum Gasteiger partial charge on any atom is 0.255 e. The molecule has 0 aliphatic heterocycles. The number of hydrogen-bond donors (Lipinski definition) is 1. The van der Waals surface area contributed by atoms with Gasteiger partial charge in [-0.1, -0.05) is 12.1 Å². The molecule has 0 atom stereocenters. The molecule has 0 unspecified atom stereocenters. The summed E-state index contributed by atoms with van der Waals surface area (Å²) in [6, 6.07) is 10.8. The summed E-state index contributed by atoms with van der Waals surface area (Å²) in [5.74, 6) is 0.283. The van der Waals surface area contributed by atoms with Crippen LogP contribution in [0.4, 0.5) is 5.69 Å². The van der Waals surface area contributed by atoms with Gasteiger partial charge in [0.2, 0.25) is 0 Å². The molecule has 1 amide bonds. The van der Waals surface area contributed by atoms with Crippen molar-refractivity contribution in [1.29, 1.82) is 0 Å².